The van der Waals surface area contributed by atoms with Gasteiger partial charge in [0.2, 0.25) is 11.8 Å². The highest BCUT2D eigenvalue weighted by Crippen LogP contribution is 2.39. The van der Waals surface area contributed by atoms with E-state index in [-0.39, 0.29) is 0 Å². The molecule has 2 aromatic heterocycles. The van der Waals surface area contributed by atoms with Crippen molar-refractivity contribution in [2.45, 2.75) is 56.5 Å². The van der Waals surface area contributed by atoms with Crippen LogP contribution in [0.2, 0.25) is 0 Å². The Balaban J connectivity index is 1.67. The minimum Gasteiger partial charge on any atom is -0.497 e. The van der Waals surface area contributed by atoms with E-state index in [0.717, 1.165) is 28.7 Å². The quantitative estimate of drug-likeness (QED) is 0.556. The van der Waals surface area contributed by atoms with Crippen molar-refractivity contribution in [1.82, 2.24) is 25.0 Å². The molecule has 0 radical (unpaired) electrons. The summed E-state index contributed by atoms with van der Waals surface area (Å²) < 4.78 is 13.1. The van der Waals surface area contributed by atoms with Crippen LogP contribution >= 0.6 is 11.8 Å². The molecule has 1 aliphatic rings. The van der Waals surface area contributed by atoms with Crippen LogP contribution in [0.15, 0.2) is 33.8 Å². The number of hydrogen-bond donors (Lipinski definition) is 0. The lowest BCUT2D eigenvalue weighted by Crippen LogP contribution is -2.22. The third-order valence-corrected chi connectivity index (χ3v) is 6.23. The van der Waals surface area contributed by atoms with E-state index in [9.17, 15) is 0 Å². The minimum atomic E-state index is 0.396. The van der Waals surface area contributed by atoms with Crippen LogP contribution in [0, 0.1) is 12.8 Å². The summed E-state index contributed by atoms with van der Waals surface area (Å²) in [6.45, 7) is 4.13. The zero-order chi connectivity index (χ0) is 19.5. The van der Waals surface area contributed by atoms with Crippen LogP contribution in [-0.2, 0) is 5.75 Å². The zero-order valence-electron chi connectivity index (χ0n) is 16.5. The lowest BCUT2D eigenvalue weighted by Gasteiger charge is -2.31. The third kappa shape index (κ3) is 3.92. The van der Waals surface area contributed by atoms with Crippen LogP contribution in [0.5, 0.6) is 5.75 Å². The molecular weight excluding hydrogens is 374 g/mol. The molecule has 0 spiro atoms. The number of aromatic nitrogens is 5. The number of thioether (sulfide) groups is 1. The lowest BCUT2D eigenvalue weighted by atomic mass is 9.85. The molecule has 28 heavy (non-hydrogen) atoms. The Morgan fingerprint density at radius 1 is 1.11 bits per heavy atom. The maximum atomic E-state index is 5.51. The van der Waals surface area contributed by atoms with Crippen LogP contribution in [-0.4, -0.2) is 32.1 Å². The standard InChI is InChI=1S/C20H25N5O2S/c1-13-6-4-5-7-17(13)25-19(15-8-10-16(26-3)11-9-15)23-24-20(25)28-12-18-22-21-14(2)27-18/h8-11,13,17H,4-7,12H2,1-3H3. The summed E-state index contributed by atoms with van der Waals surface area (Å²) in [5.41, 5.74) is 1.05. The van der Waals surface area contributed by atoms with Gasteiger partial charge in [0.05, 0.1) is 12.9 Å². The summed E-state index contributed by atoms with van der Waals surface area (Å²) in [6.07, 6.45) is 4.91. The summed E-state index contributed by atoms with van der Waals surface area (Å²) in [4.78, 5) is 0. The van der Waals surface area contributed by atoms with E-state index in [0.29, 0.717) is 29.5 Å². The predicted octanol–water partition coefficient (Wildman–Crippen LogP) is 4.69. The molecule has 1 saturated carbocycles. The number of ether oxygens (including phenoxy) is 1. The predicted molar refractivity (Wildman–Crippen MR) is 107 cm³/mol. The van der Waals surface area contributed by atoms with Crippen molar-refractivity contribution in [3.05, 3.63) is 36.0 Å². The molecule has 148 valence electrons. The van der Waals surface area contributed by atoms with E-state index in [4.69, 9.17) is 9.15 Å². The normalized spacial score (nSPS) is 19.7. The van der Waals surface area contributed by atoms with E-state index in [2.05, 4.69) is 31.9 Å². The van der Waals surface area contributed by atoms with Gasteiger partial charge in [-0.3, -0.25) is 4.57 Å². The number of hydrogen-bond acceptors (Lipinski definition) is 7. The van der Waals surface area contributed by atoms with Crippen molar-refractivity contribution >= 4 is 11.8 Å². The van der Waals surface area contributed by atoms with Crippen LogP contribution in [0.4, 0.5) is 0 Å². The number of benzene rings is 1. The van der Waals surface area contributed by atoms with Crippen LogP contribution in [0.3, 0.4) is 0 Å². The fraction of sp³-hybridized carbons (Fsp3) is 0.500. The van der Waals surface area contributed by atoms with Gasteiger partial charge in [-0.05, 0) is 43.0 Å². The summed E-state index contributed by atoms with van der Waals surface area (Å²) in [7, 11) is 1.68. The second-order valence-corrected chi connectivity index (χ2v) is 8.18. The second kappa shape index (κ2) is 8.34. The van der Waals surface area contributed by atoms with Gasteiger partial charge in [0.25, 0.3) is 0 Å². The van der Waals surface area contributed by atoms with Gasteiger partial charge in [0.15, 0.2) is 11.0 Å². The fourth-order valence-corrected chi connectivity index (χ4v) is 4.64. The van der Waals surface area contributed by atoms with Gasteiger partial charge in [-0.2, -0.15) is 0 Å². The Morgan fingerprint density at radius 2 is 1.89 bits per heavy atom. The monoisotopic (exact) mass is 399 g/mol. The highest BCUT2D eigenvalue weighted by molar-refractivity contribution is 7.98. The topological polar surface area (TPSA) is 78.9 Å². The molecule has 1 aromatic carbocycles. The SMILES string of the molecule is COc1ccc(-c2nnc(SCc3nnc(C)o3)n2C2CCCCC2C)cc1. The molecule has 0 saturated heterocycles. The molecule has 3 aromatic rings. The van der Waals surface area contributed by atoms with Gasteiger partial charge >= 0.3 is 0 Å². The Kier molecular flexibility index (Phi) is 5.66. The maximum Gasteiger partial charge on any atom is 0.226 e. The van der Waals surface area contributed by atoms with E-state index < -0.39 is 0 Å². The van der Waals surface area contributed by atoms with Crippen molar-refractivity contribution in [1.29, 1.82) is 0 Å². The average Bonchev–Trinajstić information content (AvgIpc) is 3.33. The Labute approximate surface area is 168 Å². The summed E-state index contributed by atoms with van der Waals surface area (Å²) in [5.74, 6) is 4.11. The molecule has 0 aliphatic heterocycles. The molecule has 1 fully saturated rings. The van der Waals surface area contributed by atoms with Gasteiger partial charge in [0, 0.05) is 18.5 Å². The van der Waals surface area contributed by atoms with Crippen LogP contribution < -0.4 is 4.74 Å². The molecular formula is C20H25N5O2S. The van der Waals surface area contributed by atoms with Crippen molar-refractivity contribution in [3.63, 3.8) is 0 Å². The molecule has 2 unspecified atom stereocenters. The first-order valence-electron chi connectivity index (χ1n) is 9.67. The van der Waals surface area contributed by atoms with Crippen molar-refractivity contribution in [2.24, 2.45) is 5.92 Å². The average molecular weight is 400 g/mol. The van der Waals surface area contributed by atoms with Crippen molar-refractivity contribution in [3.8, 4) is 17.1 Å². The third-order valence-electron chi connectivity index (χ3n) is 5.30. The largest absolute Gasteiger partial charge is 0.497 e. The number of aryl methyl sites for hydroxylation is 1. The van der Waals surface area contributed by atoms with E-state index in [1.54, 1.807) is 25.8 Å². The molecule has 2 atom stereocenters. The van der Waals surface area contributed by atoms with Crippen LogP contribution in [0.25, 0.3) is 11.4 Å². The van der Waals surface area contributed by atoms with E-state index in [1.165, 1.54) is 19.3 Å². The molecule has 2 heterocycles. The molecule has 4 rings (SSSR count). The molecule has 7 nitrogen and oxygen atoms in total. The minimum absolute atomic E-state index is 0.396. The summed E-state index contributed by atoms with van der Waals surface area (Å²) in [5, 5.41) is 18.0. The van der Waals surface area contributed by atoms with Gasteiger partial charge in [-0.15, -0.1) is 20.4 Å². The van der Waals surface area contributed by atoms with Crippen molar-refractivity contribution < 1.29 is 9.15 Å². The van der Waals surface area contributed by atoms with Crippen LogP contribution in [0.1, 0.15) is 50.4 Å². The maximum absolute atomic E-state index is 5.51. The fourth-order valence-electron chi connectivity index (χ4n) is 3.81. The summed E-state index contributed by atoms with van der Waals surface area (Å²) >= 11 is 1.60. The van der Waals surface area contributed by atoms with Gasteiger partial charge < -0.3 is 9.15 Å². The highest BCUT2D eigenvalue weighted by Gasteiger charge is 2.28. The first kappa shape index (κ1) is 19.0. The summed E-state index contributed by atoms with van der Waals surface area (Å²) in [6, 6.07) is 8.41. The Hall–Kier alpha value is -2.35. The van der Waals surface area contributed by atoms with Gasteiger partial charge in [-0.1, -0.05) is 31.5 Å². The molecule has 1 aliphatic carbocycles. The molecule has 0 N–H and O–H groups in total. The smallest absolute Gasteiger partial charge is 0.226 e. The van der Waals surface area contributed by atoms with Gasteiger partial charge in [-0.25, -0.2) is 0 Å². The van der Waals surface area contributed by atoms with E-state index in [1.807, 2.05) is 24.3 Å². The second-order valence-electron chi connectivity index (χ2n) is 7.24. The Morgan fingerprint density at radius 3 is 2.57 bits per heavy atom. The first-order valence-corrected chi connectivity index (χ1v) is 10.7. The molecule has 8 heteroatoms. The number of methoxy groups -OCH3 is 1. The van der Waals surface area contributed by atoms with Gasteiger partial charge in [0.1, 0.15) is 5.75 Å². The molecule has 0 bridgehead atoms. The van der Waals surface area contributed by atoms with Crippen molar-refractivity contribution in [2.75, 3.05) is 7.11 Å². The Bertz CT molecular complexity index is 921. The zero-order valence-corrected chi connectivity index (χ0v) is 17.3. The number of rotatable bonds is 6. The van der Waals surface area contributed by atoms with E-state index >= 15 is 0 Å². The number of nitrogens with zero attached hydrogens (tertiary/aromatic N) is 5. The lowest BCUT2D eigenvalue weighted by molar-refractivity contribution is 0.247. The molecule has 0 amide bonds. The highest BCUT2D eigenvalue weighted by atomic mass is 32.2. The first-order chi connectivity index (χ1) is 13.7.